The molecule has 0 bridgehead atoms. The number of piperidine rings is 1. The number of aromatic nitrogens is 3. The van der Waals surface area contributed by atoms with Crippen LogP contribution in [0.4, 0.5) is 17.5 Å². The lowest BCUT2D eigenvalue weighted by atomic mass is 10.00. The molecule has 1 N–H and O–H groups in total. The monoisotopic (exact) mass is 317 g/mol. The Kier molecular flexibility index (Phi) is 4.43. The van der Waals surface area contributed by atoms with Gasteiger partial charge in [-0.2, -0.15) is 10.1 Å². The van der Waals surface area contributed by atoms with E-state index in [0.29, 0.717) is 16.8 Å². The summed E-state index contributed by atoms with van der Waals surface area (Å²) in [5.74, 6) is 2.16. The summed E-state index contributed by atoms with van der Waals surface area (Å²) in [6, 6.07) is 5.74. The SMILES string of the molecule is Cc1ccc(Cl)cc1Nc1cnnc(N2CCC(C)CC2)n1. The largest absolute Gasteiger partial charge is 0.339 e. The van der Waals surface area contributed by atoms with Gasteiger partial charge in [-0.15, -0.1) is 5.10 Å². The fourth-order valence-corrected chi connectivity index (χ4v) is 2.74. The minimum atomic E-state index is 0.689. The maximum atomic E-state index is 6.05. The van der Waals surface area contributed by atoms with Gasteiger partial charge in [-0.25, -0.2) is 0 Å². The van der Waals surface area contributed by atoms with Crippen LogP contribution in [0.5, 0.6) is 0 Å². The molecule has 0 saturated carbocycles. The second kappa shape index (κ2) is 6.48. The maximum absolute atomic E-state index is 6.05. The van der Waals surface area contributed by atoms with Crippen molar-refractivity contribution in [1.82, 2.24) is 15.2 Å². The van der Waals surface area contributed by atoms with Gasteiger partial charge in [0.2, 0.25) is 5.95 Å². The highest BCUT2D eigenvalue weighted by Gasteiger charge is 2.18. The van der Waals surface area contributed by atoms with Gasteiger partial charge in [0.15, 0.2) is 5.82 Å². The van der Waals surface area contributed by atoms with Crippen molar-refractivity contribution < 1.29 is 0 Å². The summed E-state index contributed by atoms with van der Waals surface area (Å²) in [6.07, 6.45) is 3.99. The van der Waals surface area contributed by atoms with Gasteiger partial charge >= 0.3 is 0 Å². The van der Waals surface area contributed by atoms with Gasteiger partial charge in [-0.3, -0.25) is 0 Å². The van der Waals surface area contributed by atoms with Crippen LogP contribution in [-0.2, 0) is 0 Å². The summed E-state index contributed by atoms with van der Waals surface area (Å²) in [6.45, 7) is 6.29. The molecule has 0 atom stereocenters. The molecule has 3 rings (SSSR count). The lowest BCUT2D eigenvalue weighted by Crippen LogP contribution is -2.34. The van der Waals surface area contributed by atoms with Crippen molar-refractivity contribution in [1.29, 1.82) is 0 Å². The molecule has 5 nitrogen and oxygen atoms in total. The van der Waals surface area contributed by atoms with E-state index in [1.165, 1.54) is 12.8 Å². The number of nitrogens with one attached hydrogen (secondary N) is 1. The fraction of sp³-hybridized carbons (Fsp3) is 0.438. The Hall–Kier alpha value is -1.88. The van der Waals surface area contributed by atoms with Gasteiger partial charge in [0.05, 0.1) is 6.20 Å². The third-order valence-corrected chi connectivity index (χ3v) is 4.31. The summed E-state index contributed by atoms with van der Waals surface area (Å²) in [5, 5.41) is 12.2. The van der Waals surface area contributed by atoms with E-state index in [0.717, 1.165) is 30.3 Å². The highest BCUT2D eigenvalue weighted by molar-refractivity contribution is 6.30. The molecule has 1 aliphatic rings. The van der Waals surface area contributed by atoms with Crippen molar-refractivity contribution in [3.8, 4) is 0 Å². The number of hydrogen-bond acceptors (Lipinski definition) is 5. The summed E-state index contributed by atoms with van der Waals surface area (Å²) in [4.78, 5) is 6.78. The van der Waals surface area contributed by atoms with E-state index in [2.05, 4.69) is 32.3 Å². The molecular weight excluding hydrogens is 298 g/mol. The normalized spacial score (nSPS) is 15.9. The number of rotatable bonds is 3. The maximum Gasteiger partial charge on any atom is 0.247 e. The molecule has 1 saturated heterocycles. The summed E-state index contributed by atoms with van der Waals surface area (Å²) in [5.41, 5.74) is 2.04. The number of hydrogen-bond donors (Lipinski definition) is 1. The molecule has 0 radical (unpaired) electrons. The van der Waals surface area contributed by atoms with Crippen LogP contribution in [-0.4, -0.2) is 28.3 Å². The van der Waals surface area contributed by atoms with Crippen molar-refractivity contribution in [3.63, 3.8) is 0 Å². The quantitative estimate of drug-likeness (QED) is 0.932. The van der Waals surface area contributed by atoms with Crippen LogP contribution < -0.4 is 10.2 Å². The number of aryl methyl sites for hydroxylation is 1. The standard InChI is InChI=1S/C16H20ClN5/c1-11-5-7-22(8-6-11)16-20-15(10-18-21-16)19-14-9-13(17)4-3-12(14)2/h3-4,9-11H,5-8H2,1-2H3,(H,19,20,21). The van der Waals surface area contributed by atoms with E-state index in [-0.39, 0.29) is 0 Å². The van der Waals surface area contributed by atoms with Crippen molar-refractivity contribution in [2.45, 2.75) is 26.7 Å². The van der Waals surface area contributed by atoms with Crippen LogP contribution in [0.25, 0.3) is 0 Å². The van der Waals surface area contributed by atoms with Crippen molar-refractivity contribution in [2.24, 2.45) is 5.92 Å². The molecule has 116 valence electrons. The van der Waals surface area contributed by atoms with Gasteiger partial charge in [-0.1, -0.05) is 24.6 Å². The minimum Gasteiger partial charge on any atom is -0.339 e. The minimum absolute atomic E-state index is 0.689. The van der Waals surface area contributed by atoms with Gasteiger partial charge in [-0.05, 0) is 43.4 Å². The zero-order chi connectivity index (χ0) is 15.5. The molecule has 2 heterocycles. The topological polar surface area (TPSA) is 53.9 Å². The van der Waals surface area contributed by atoms with Crippen LogP contribution >= 0.6 is 11.6 Å². The molecular formula is C16H20ClN5. The number of halogens is 1. The molecule has 1 aliphatic heterocycles. The Balaban J connectivity index is 1.78. The first-order valence-corrected chi connectivity index (χ1v) is 7.97. The van der Waals surface area contributed by atoms with Crippen LogP contribution in [0.2, 0.25) is 5.02 Å². The van der Waals surface area contributed by atoms with E-state index < -0.39 is 0 Å². The van der Waals surface area contributed by atoms with Crippen LogP contribution in [0, 0.1) is 12.8 Å². The number of benzene rings is 1. The van der Waals surface area contributed by atoms with Crippen LogP contribution in [0.3, 0.4) is 0 Å². The molecule has 1 aromatic carbocycles. The first kappa shape index (κ1) is 15.0. The summed E-state index contributed by atoms with van der Waals surface area (Å²) in [7, 11) is 0. The highest BCUT2D eigenvalue weighted by Crippen LogP contribution is 2.24. The van der Waals surface area contributed by atoms with Crippen LogP contribution in [0.1, 0.15) is 25.3 Å². The molecule has 22 heavy (non-hydrogen) atoms. The Morgan fingerprint density at radius 1 is 1.27 bits per heavy atom. The second-order valence-electron chi connectivity index (χ2n) is 5.90. The molecule has 1 fully saturated rings. The zero-order valence-corrected chi connectivity index (χ0v) is 13.6. The molecule has 2 aromatic rings. The Labute approximate surface area is 135 Å². The predicted molar refractivity (Wildman–Crippen MR) is 89.9 cm³/mol. The molecule has 0 spiro atoms. The predicted octanol–water partition coefficient (Wildman–Crippen LogP) is 3.81. The first-order valence-electron chi connectivity index (χ1n) is 7.59. The molecule has 0 unspecified atom stereocenters. The van der Waals surface area contributed by atoms with E-state index in [1.807, 2.05) is 25.1 Å². The highest BCUT2D eigenvalue weighted by atomic mass is 35.5. The van der Waals surface area contributed by atoms with E-state index >= 15 is 0 Å². The number of nitrogens with zero attached hydrogens (tertiary/aromatic N) is 4. The second-order valence-corrected chi connectivity index (χ2v) is 6.33. The van der Waals surface area contributed by atoms with Crippen molar-refractivity contribution >= 4 is 29.1 Å². The van der Waals surface area contributed by atoms with Gasteiger partial charge in [0.1, 0.15) is 0 Å². The van der Waals surface area contributed by atoms with Crippen molar-refractivity contribution in [3.05, 3.63) is 35.0 Å². The van der Waals surface area contributed by atoms with Gasteiger partial charge < -0.3 is 10.2 Å². The van der Waals surface area contributed by atoms with Crippen LogP contribution in [0.15, 0.2) is 24.4 Å². The smallest absolute Gasteiger partial charge is 0.247 e. The van der Waals surface area contributed by atoms with E-state index in [4.69, 9.17) is 11.6 Å². The fourth-order valence-electron chi connectivity index (χ4n) is 2.56. The molecule has 6 heteroatoms. The molecule has 0 aliphatic carbocycles. The summed E-state index contributed by atoms with van der Waals surface area (Å²) >= 11 is 6.05. The Morgan fingerprint density at radius 2 is 2.05 bits per heavy atom. The Bertz CT molecular complexity index is 653. The first-order chi connectivity index (χ1) is 10.6. The van der Waals surface area contributed by atoms with E-state index in [1.54, 1.807) is 6.20 Å². The lowest BCUT2D eigenvalue weighted by molar-refractivity contribution is 0.433. The van der Waals surface area contributed by atoms with Gasteiger partial charge in [0, 0.05) is 23.8 Å². The average molecular weight is 318 g/mol. The lowest BCUT2D eigenvalue weighted by Gasteiger charge is -2.29. The summed E-state index contributed by atoms with van der Waals surface area (Å²) < 4.78 is 0. The molecule has 0 amide bonds. The van der Waals surface area contributed by atoms with Crippen molar-refractivity contribution in [2.75, 3.05) is 23.3 Å². The Morgan fingerprint density at radius 3 is 2.82 bits per heavy atom. The van der Waals surface area contributed by atoms with E-state index in [9.17, 15) is 0 Å². The third-order valence-electron chi connectivity index (χ3n) is 4.08. The van der Waals surface area contributed by atoms with Gasteiger partial charge in [0.25, 0.3) is 0 Å². The zero-order valence-electron chi connectivity index (χ0n) is 12.9. The molecule has 1 aromatic heterocycles. The average Bonchev–Trinajstić information content (AvgIpc) is 2.52. The third kappa shape index (κ3) is 3.47. The number of anilines is 3.